The Labute approximate surface area is 226 Å². The number of ether oxygens (including phenoxy) is 2. The van der Waals surface area contributed by atoms with Gasteiger partial charge in [0, 0.05) is 25.7 Å². The summed E-state index contributed by atoms with van der Waals surface area (Å²) in [6.07, 6.45) is 8.92. The number of benzene rings is 2. The summed E-state index contributed by atoms with van der Waals surface area (Å²) in [4.78, 5) is 30.9. The van der Waals surface area contributed by atoms with Gasteiger partial charge in [-0.15, -0.1) is 0 Å². The molecule has 1 fully saturated rings. The van der Waals surface area contributed by atoms with Crippen LogP contribution in [0.15, 0.2) is 48.5 Å². The average Bonchev–Trinajstić information content (AvgIpc) is 2.93. The van der Waals surface area contributed by atoms with Gasteiger partial charge in [0.2, 0.25) is 5.91 Å². The molecule has 2 aromatic carbocycles. The highest BCUT2D eigenvalue weighted by Crippen LogP contribution is 2.31. The summed E-state index contributed by atoms with van der Waals surface area (Å²) in [5, 5.41) is 0. The highest BCUT2D eigenvalue weighted by atomic mass is 19.1. The Bertz CT molecular complexity index is 1060. The second kappa shape index (κ2) is 14.2. The lowest BCUT2D eigenvalue weighted by Crippen LogP contribution is -2.51. The Kier molecular flexibility index (Phi) is 10.4. The van der Waals surface area contributed by atoms with Crippen molar-refractivity contribution < 1.29 is 23.5 Å². The first-order valence-corrected chi connectivity index (χ1v) is 14.3. The summed E-state index contributed by atoms with van der Waals surface area (Å²) < 4.78 is 25.8. The van der Waals surface area contributed by atoms with E-state index >= 15 is 0 Å². The van der Waals surface area contributed by atoms with Crippen molar-refractivity contribution in [1.82, 2.24) is 9.80 Å². The lowest BCUT2D eigenvalue weighted by Gasteiger charge is -2.40. The largest absolute Gasteiger partial charge is 0.493 e. The molecule has 2 amide bonds. The van der Waals surface area contributed by atoms with Crippen molar-refractivity contribution in [3.63, 3.8) is 0 Å². The quantitative estimate of drug-likeness (QED) is 0.465. The van der Waals surface area contributed by atoms with Gasteiger partial charge in [0.25, 0.3) is 5.91 Å². The molecule has 0 aromatic heterocycles. The lowest BCUT2D eigenvalue weighted by molar-refractivity contribution is -0.137. The molecule has 1 heterocycles. The Morgan fingerprint density at radius 1 is 0.974 bits per heavy atom. The predicted octanol–water partition coefficient (Wildman–Crippen LogP) is 6.24. The van der Waals surface area contributed by atoms with Crippen LogP contribution < -0.4 is 9.47 Å². The van der Waals surface area contributed by atoms with E-state index in [1.165, 1.54) is 12.1 Å². The van der Waals surface area contributed by atoms with Gasteiger partial charge in [-0.2, -0.15) is 0 Å². The van der Waals surface area contributed by atoms with Gasteiger partial charge in [0.05, 0.1) is 24.6 Å². The van der Waals surface area contributed by atoms with Crippen LogP contribution in [0, 0.1) is 5.82 Å². The number of rotatable bonds is 5. The number of carbonyl (C=O) groups is 2. The molecule has 0 unspecified atom stereocenters. The van der Waals surface area contributed by atoms with Gasteiger partial charge in [0.15, 0.2) is 0 Å². The third-order valence-corrected chi connectivity index (χ3v) is 7.66. The van der Waals surface area contributed by atoms with Crippen molar-refractivity contribution in [3.05, 3.63) is 59.9 Å². The van der Waals surface area contributed by atoms with E-state index in [1.54, 1.807) is 12.1 Å². The zero-order valence-corrected chi connectivity index (χ0v) is 22.6. The van der Waals surface area contributed by atoms with Crippen molar-refractivity contribution >= 4 is 11.8 Å². The number of carbonyl (C=O) groups excluding carboxylic acids is 2. The Balaban J connectivity index is 1.53. The molecule has 0 spiro atoms. The van der Waals surface area contributed by atoms with E-state index in [1.807, 2.05) is 41.0 Å². The van der Waals surface area contributed by atoms with Crippen LogP contribution in [0.3, 0.4) is 0 Å². The highest BCUT2D eigenvalue weighted by Gasteiger charge is 2.35. The normalized spacial score (nSPS) is 21.4. The van der Waals surface area contributed by atoms with Gasteiger partial charge in [-0.1, -0.05) is 43.9 Å². The van der Waals surface area contributed by atoms with Gasteiger partial charge < -0.3 is 19.3 Å². The van der Waals surface area contributed by atoms with Crippen molar-refractivity contribution in [2.24, 2.45) is 0 Å². The number of nitrogens with zero attached hydrogens (tertiary/aromatic N) is 2. The summed E-state index contributed by atoms with van der Waals surface area (Å²) in [6.45, 7) is 4.31. The number of amides is 2. The van der Waals surface area contributed by atoms with Gasteiger partial charge >= 0.3 is 0 Å². The van der Waals surface area contributed by atoms with Crippen LogP contribution in [0.4, 0.5) is 4.39 Å². The molecule has 0 radical (unpaired) electrons. The second-order valence-electron chi connectivity index (χ2n) is 10.3. The summed E-state index contributed by atoms with van der Waals surface area (Å²) in [5.41, 5.74) is 0.593. The van der Waals surface area contributed by atoms with Crippen molar-refractivity contribution in [2.75, 3.05) is 26.2 Å². The van der Waals surface area contributed by atoms with Crippen LogP contribution in [0.5, 0.6) is 11.5 Å². The fourth-order valence-corrected chi connectivity index (χ4v) is 5.60. The van der Waals surface area contributed by atoms with Crippen molar-refractivity contribution in [1.29, 1.82) is 0 Å². The smallest absolute Gasteiger partial charge is 0.257 e. The molecule has 2 aromatic rings. The Hall–Kier alpha value is -3.09. The third kappa shape index (κ3) is 7.49. The summed E-state index contributed by atoms with van der Waals surface area (Å²) in [7, 11) is 0. The number of hydrogen-bond acceptors (Lipinski definition) is 4. The minimum atomic E-state index is -0.359. The highest BCUT2D eigenvalue weighted by molar-refractivity contribution is 5.97. The zero-order valence-electron chi connectivity index (χ0n) is 22.6. The summed E-state index contributed by atoms with van der Waals surface area (Å²) in [5.74, 6) is 0.712. The van der Waals surface area contributed by atoms with Gasteiger partial charge in [-0.05, 0) is 63.3 Å². The van der Waals surface area contributed by atoms with E-state index < -0.39 is 0 Å². The van der Waals surface area contributed by atoms with Crippen LogP contribution in [-0.4, -0.2) is 60.0 Å². The maximum absolute atomic E-state index is 13.5. The van der Waals surface area contributed by atoms with Gasteiger partial charge in [-0.3, -0.25) is 9.59 Å². The molecule has 0 bridgehead atoms. The minimum Gasteiger partial charge on any atom is -0.493 e. The maximum atomic E-state index is 13.5. The second-order valence-corrected chi connectivity index (χ2v) is 10.3. The first kappa shape index (κ1) is 27.9. The molecule has 2 aliphatic rings. The monoisotopic (exact) mass is 524 g/mol. The lowest BCUT2D eigenvalue weighted by atomic mass is 9.90. The fraction of sp³-hybridized carbons (Fsp3) is 0.548. The van der Waals surface area contributed by atoms with E-state index in [-0.39, 0.29) is 42.8 Å². The standard InChI is InChI=1S/C31H41FN2O4/c1-2-33-20-10-4-3-5-11-21-34(30(35)19-22-37-25-14-12-13-24(32)23-25)27-16-7-9-18-29(27)38-28-17-8-6-15-26(28)31(33)36/h6,8,12-15,17,23,27,29H,2-5,7,9-11,16,18-22H2,1H3/t27-,29+/m1/s1. The molecule has 4 rings (SSSR count). The van der Waals surface area contributed by atoms with Crippen LogP contribution in [-0.2, 0) is 4.79 Å². The van der Waals surface area contributed by atoms with Crippen LogP contribution >= 0.6 is 0 Å². The van der Waals surface area contributed by atoms with Crippen LogP contribution in [0.1, 0.15) is 81.5 Å². The van der Waals surface area contributed by atoms with E-state index in [4.69, 9.17) is 9.47 Å². The first-order chi connectivity index (χ1) is 18.6. The Morgan fingerprint density at radius 3 is 2.55 bits per heavy atom. The number of halogens is 1. The molecular formula is C31H41FN2O4. The van der Waals surface area contributed by atoms with Gasteiger partial charge in [-0.25, -0.2) is 4.39 Å². The van der Waals surface area contributed by atoms with Crippen molar-refractivity contribution in [3.8, 4) is 11.5 Å². The van der Waals surface area contributed by atoms with Crippen LogP contribution in [0.25, 0.3) is 0 Å². The van der Waals surface area contributed by atoms with E-state index in [0.717, 1.165) is 64.3 Å². The molecule has 6 nitrogen and oxygen atoms in total. The van der Waals surface area contributed by atoms with Crippen molar-refractivity contribution in [2.45, 2.75) is 83.3 Å². The molecule has 1 aliphatic carbocycles. The molecule has 1 saturated carbocycles. The van der Waals surface area contributed by atoms with E-state index in [9.17, 15) is 14.0 Å². The zero-order chi connectivity index (χ0) is 26.7. The number of para-hydroxylation sites is 1. The summed E-state index contributed by atoms with van der Waals surface area (Å²) in [6, 6.07) is 13.5. The summed E-state index contributed by atoms with van der Waals surface area (Å²) >= 11 is 0. The molecule has 0 N–H and O–H groups in total. The third-order valence-electron chi connectivity index (χ3n) is 7.66. The molecule has 1 aliphatic heterocycles. The molecule has 0 saturated heterocycles. The van der Waals surface area contributed by atoms with Crippen LogP contribution in [0.2, 0.25) is 0 Å². The first-order valence-electron chi connectivity index (χ1n) is 14.3. The molecule has 206 valence electrons. The topological polar surface area (TPSA) is 59.1 Å². The number of fused-ring (bicyclic) bond motifs is 2. The average molecular weight is 525 g/mol. The molecule has 38 heavy (non-hydrogen) atoms. The molecule has 2 atom stereocenters. The number of hydrogen-bond donors (Lipinski definition) is 0. The fourth-order valence-electron chi connectivity index (χ4n) is 5.60. The Morgan fingerprint density at radius 2 is 1.74 bits per heavy atom. The SMILES string of the molecule is CCN1CCCCCCCN(C(=O)CCOc2cccc(F)c2)[C@@H]2CCCC[C@@H]2Oc2ccccc2C1=O. The minimum absolute atomic E-state index is 0.00719. The van der Waals surface area contributed by atoms with Gasteiger partial charge in [0.1, 0.15) is 23.4 Å². The molecular weight excluding hydrogens is 483 g/mol. The van der Waals surface area contributed by atoms with E-state index in [0.29, 0.717) is 30.2 Å². The van der Waals surface area contributed by atoms with E-state index in [2.05, 4.69) is 0 Å². The predicted molar refractivity (Wildman–Crippen MR) is 146 cm³/mol. The molecule has 7 heteroatoms. The maximum Gasteiger partial charge on any atom is 0.257 e.